The molecule has 0 aliphatic heterocycles. The SMILES string of the molecule is C=CCOc1ccc(C(=O)NC2(C(=O)O)CCCC2)cc1. The van der Waals surface area contributed by atoms with Gasteiger partial charge in [-0.05, 0) is 37.1 Å². The largest absolute Gasteiger partial charge is 0.490 e. The van der Waals surface area contributed by atoms with Gasteiger partial charge < -0.3 is 15.2 Å². The second kappa shape index (κ2) is 6.43. The summed E-state index contributed by atoms with van der Waals surface area (Å²) in [5, 5.41) is 12.0. The number of hydrogen-bond acceptors (Lipinski definition) is 3. The maximum absolute atomic E-state index is 12.2. The van der Waals surface area contributed by atoms with E-state index < -0.39 is 11.5 Å². The van der Waals surface area contributed by atoms with Crippen molar-refractivity contribution in [2.75, 3.05) is 6.61 Å². The number of aliphatic carboxylic acids is 1. The van der Waals surface area contributed by atoms with Crippen LogP contribution in [0.2, 0.25) is 0 Å². The Morgan fingerprint density at radius 3 is 2.43 bits per heavy atom. The van der Waals surface area contributed by atoms with Crippen LogP contribution in [0.1, 0.15) is 36.0 Å². The van der Waals surface area contributed by atoms with E-state index in [4.69, 9.17) is 4.74 Å². The molecule has 0 bridgehead atoms. The molecule has 1 aromatic rings. The Kier molecular flexibility index (Phi) is 4.62. The van der Waals surface area contributed by atoms with Gasteiger partial charge in [0.15, 0.2) is 0 Å². The van der Waals surface area contributed by atoms with Gasteiger partial charge in [0.1, 0.15) is 17.9 Å². The Morgan fingerprint density at radius 1 is 1.29 bits per heavy atom. The fourth-order valence-corrected chi connectivity index (χ4v) is 2.52. The summed E-state index contributed by atoms with van der Waals surface area (Å²) in [4.78, 5) is 23.6. The van der Waals surface area contributed by atoms with Crippen LogP contribution in [0.15, 0.2) is 36.9 Å². The molecule has 21 heavy (non-hydrogen) atoms. The maximum Gasteiger partial charge on any atom is 0.329 e. The van der Waals surface area contributed by atoms with Gasteiger partial charge in [0.25, 0.3) is 5.91 Å². The Labute approximate surface area is 123 Å². The fraction of sp³-hybridized carbons (Fsp3) is 0.375. The van der Waals surface area contributed by atoms with E-state index in [2.05, 4.69) is 11.9 Å². The van der Waals surface area contributed by atoms with E-state index in [1.165, 1.54) is 0 Å². The van der Waals surface area contributed by atoms with Crippen LogP contribution in [-0.2, 0) is 4.79 Å². The minimum absolute atomic E-state index is 0.366. The van der Waals surface area contributed by atoms with Crippen LogP contribution in [0.3, 0.4) is 0 Å². The normalized spacial score (nSPS) is 16.2. The molecule has 1 aliphatic carbocycles. The molecule has 1 saturated carbocycles. The third-order valence-electron chi connectivity index (χ3n) is 3.70. The van der Waals surface area contributed by atoms with Crippen LogP contribution in [0.4, 0.5) is 0 Å². The average molecular weight is 289 g/mol. The number of ether oxygens (including phenoxy) is 1. The zero-order valence-corrected chi connectivity index (χ0v) is 11.8. The van der Waals surface area contributed by atoms with Gasteiger partial charge >= 0.3 is 5.97 Å². The fourth-order valence-electron chi connectivity index (χ4n) is 2.52. The highest BCUT2D eigenvalue weighted by atomic mass is 16.5. The van der Waals surface area contributed by atoms with Crippen molar-refractivity contribution in [2.24, 2.45) is 0 Å². The number of hydrogen-bond donors (Lipinski definition) is 2. The van der Waals surface area contributed by atoms with Crippen molar-refractivity contribution in [1.82, 2.24) is 5.32 Å². The van der Waals surface area contributed by atoms with Crippen LogP contribution in [0.25, 0.3) is 0 Å². The minimum Gasteiger partial charge on any atom is -0.490 e. The first-order valence-electron chi connectivity index (χ1n) is 6.97. The number of carbonyl (C=O) groups is 2. The summed E-state index contributed by atoms with van der Waals surface area (Å²) in [5.74, 6) is -0.686. The third-order valence-corrected chi connectivity index (χ3v) is 3.70. The Morgan fingerprint density at radius 2 is 1.90 bits per heavy atom. The summed E-state index contributed by atoms with van der Waals surface area (Å²) in [6.45, 7) is 3.95. The smallest absolute Gasteiger partial charge is 0.329 e. The van der Waals surface area contributed by atoms with Crippen molar-refractivity contribution in [3.63, 3.8) is 0 Å². The molecule has 0 saturated heterocycles. The van der Waals surface area contributed by atoms with Crippen LogP contribution < -0.4 is 10.1 Å². The molecule has 0 aromatic heterocycles. The molecule has 0 radical (unpaired) electrons. The molecule has 2 N–H and O–H groups in total. The number of benzene rings is 1. The molecular formula is C16H19NO4. The van der Waals surface area contributed by atoms with Crippen molar-refractivity contribution in [1.29, 1.82) is 0 Å². The van der Waals surface area contributed by atoms with Gasteiger partial charge in [0.05, 0.1) is 0 Å². The topological polar surface area (TPSA) is 75.6 Å². The van der Waals surface area contributed by atoms with Gasteiger partial charge in [-0.1, -0.05) is 25.5 Å². The lowest BCUT2D eigenvalue weighted by Gasteiger charge is -2.25. The standard InChI is InChI=1S/C16H19NO4/c1-2-11-21-13-7-5-12(6-8-13)14(18)17-16(15(19)20)9-3-4-10-16/h2,5-8H,1,3-4,9-11H2,(H,17,18)(H,19,20). The van der Waals surface area contributed by atoms with Crippen LogP contribution in [0, 0.1) is 0 Å². The molecule has 0 unspecified atom stereocenters. The second-order valence-electron chi connectivity index (χ2n) is 5.17. The minimum atomic E-state index is -1.12. The zero-order valence-electron chi connectivity index (χ0n) is 11.8. The van der Waals surface area contributed by atoms with E-state index in [9.17, 15) is 14.7 Å². The van der Waals surface area contributed by atoms with E-state index in [0.29, 0.717) is 30.8 Å². The van der Waals surface area contributed by atoms with Crippen molar-refractivity contribution >= 4 is 11.9 Å². The molecule has 112 valence electrons. The van der Waals surface area contributed by atoms with Crippen molar-refractivity contribution in [3.05, 3.63) is 42.5 Å². The van der Waals surface area contributed by atoms with E-state index in [1.807, 2.05) is 0 Å². The molecule has 5 heteroatoms. The van der Waals surface area contributed by atoms with E-state index in [-0.39, 0.29) is 5.91 Å². The highest BCUT2D eigenvalue weighted by molar-refractivity contribution is 5.98. The number of nitrogens with one attached hydrogen (secondary N) is 1. The van der Waals surface area contributed by atoms with Crippen LogP contribution in [0.5, 0.6) is 5.75 Å². The summed E-state index contributed by atoms with van der Waals surface area (Å²) < 4.78 is 5.34. The molecular weight excluding hydrogens is 270 g/mol. The van der Waals surface area contributed by atoms with Crippen LogP contribution in [-0.4, -0.2) is 29.1 Å². The highest BCUT2D eigenvalue weighted by Gasteiger charge is 2.42. The summed E-state index contributed by atoms with van der Waals surface area (Å²) in [7, 11) is 0. The molecule has 1 aliphatic rings. The van der Waals surface area contributed by atoms with Gasteiger partial charge in [-0.25, -0.2) is 4.79 Å². The zero-order chi connectivity index (χ0) is 15.3. The number of carbonyl (C=O) groups excluding carboxylic acids is 1. The van der Waals surface area contributed by atoms with Crippen LogP contribution >= 0.6 is 0 Å². The van der Waals surface area contributed by atoms with E-state index in [0.717, 1.165) is 12.8 Å². The Hall–Kier alpha value is -2.30. The lowest BCUT2D eigenvalue weighted by atomic mass is 9.97. The predicted octanol–water partition coefficient (Wildman–Crippen LogP) is 2.38. The quantitative estimate of drug-likeness (QED) is 0.788. The lowest BCUT2D eigenvalue weighted by molar-refractivity contribution is -0.144. The Bertz CT molecular complexity index is 530. The van der Waals surface area contributed by atoms with Gasteiger partial charge in [-0.15, -0.1) is 0 Å². The average Bonchev–Trinajstić information content (AvgIpc) is 2.95. The predicted molar refractivity (Wildman–Crippen MR) is 78.4 cm³/mol. The number of amides is 1. The third kappa shape index (κ3) is 3.42. The molecule has 1 fully saturated rings. The number of carboxylic acids is 1. The van der Waals surface area contributed by atoms with Crippen molar-refractivity contribution in [3.8, 4) is 5.75 Å². The van der Waals surface area contributed by atoms with E-state index in [1.54, 1.807) is 30.3 Å². The van der Waals surface area contributed by atoms with Crippen molar-refractivity contribution in [2.45, 2.75) is 31.2 Å². The van der Waals surface area contributed by atoms with Gasteiger partial charge in [0.2, 0.25) is 0 Å². The molecule has 0 heterocycles. The van der Waals surface area contributed by atoms with Gasteiger partial charge in [0, 0.05) is 5.56 Å². The molecule has 0 spiro atoms. The lowest BCUT2D eigenvalue weighted by Crippen LogP contribution is -2.52. The van der Waals surface area contributed by atoms with Gasteiger partial charge in [-0.2, -0.15) is 0 Å². The molecule has 0 atom stereocenters. The summed E-state index contributed by atoms with van der Waals surface area (Å²) in [5.41, 5.74) is -0.691. The summed E-state index contributed by atoms with van der Waals surface area (Å²) in [6.07, 6.45) is 4.24. The summed E-state index contributed by atoms with van der Waals surface area (Å²) in [6, 6.07) is 6.61. The monoisotopic (exact) mass is 289 g/mol. The first kappa shape index (κ1) is 15.1. The summed E-state index contributed by atoms with van der Waals surface area (Å²) >= 11 is 0. The maximum atomic E-state index is 12.2. The molecule has 2 rings (SSSR count). The van der Waals surface area contributed by atoms with E-state index >= 15 is 0 Å². The Balaban J connectivity index is 2.05. The van der Waals surface area contributed by atoms with Gasteiger partial charge in [-0.3, -0.25) is 4.79 Å². The first-order valence-corrected chi connectivity index (χ1v) is 6.97. The number of rotatable bonds is 6. The molecule has 1 aromatic carbocycles. The first-order chi connectivity index (χ1) is 10.1. The second-order valence-corrected chi connectivity index (χ2v) is 5.17. The molecule has 1 amide bonds. The number of carboxylic acid groups (broad SMARTS) is 1. The van der Waals surface area contributed by atoms with Crippen molar-refractivity contribution < 1.29 is 19.4 Å². The molecule has 5 nitrogen and oxygen atoms in total. The highest BCUT2D eigenvalue weighted by Crippen LogP contribution is 2.30.